The van der Waals surface area contributed by atoms with Crippen LogP contribution < -0.4 is 19.5 Å². The Kier molecular flexibility index (Phi) is 14.7. The van der Waals surface area contributed by atoms with Gasteiger partial charge < -0.3 is 23.8 Å². The first-order valence-electron chi connectivity index (χ1n) is 19.0. The second-order valence-electron chi connectivity index (χ2n) is 12.8. The molecule has 0 spiro atoms. The molecule has 0 aliphatic heterocycles. The maximum Gasteiger partial charge on any atom is 0.361 e. The topological polar surface area (TPSA) is 87.2 Å². The molecule has 0 aliphatic carbocycles. The van der Waals surface area contributed by atoms with Crippen molar-refractivity contribution < 1.29 is 32.7 Å². The summed E-state index contributed by atoms with van der Waals surface area (Å²) in [5, 5.41) is 16.6. The number of ether oxygens (including phenoxy) is 2. The van der Waals surface area contributed by atoms with Crippen LogP contribution in [0.4, 0.5) is 4.32 Å². The third-order valence-corrected chi connectivity index (χ3v) is 8.82. The highest BCUT2D eigenvalue weighted by Gasteiger charge is 2.22. The van der Waals surface area contributed by atoms with Gasteiger partial charge in [-0.25, -0.2) is 8.83 Å². The Morgan fingerprint density at radius 1 is 0.379 bits per heavy atom. The third kappa shape index (κ3) is 11.6. The fourth-order valence-electron chi connectivity index (χ4n) is 6.14. The number of rotatable bonds is 10. The van der Waals surface area contributed by atoms with E-state index >= 15 is 0 Å². The second-order valence-corrected chi connectivity index (χ2v) is 12.8. The van der Waals surface area contributed by atoms with Gasteiger partial charge in [-0.15, -0.1) is 0 Å². The summed E-state index contributed by atoms with van der Waals surface area (Å²) < 4.78 is 33.5. The molecule has 8 heteroatoms. The molecular weight excluding hydrogens is 726 g/mol. The molecule has 6 nitrogen and oxygen atoms in total. The van der Waals surface area contributed by atoms with Crippen LogP contribution in [0.1, 0.15) is 13.8 Å². The van der Waals surface area contributed by atoms with Gasteiger partial charge in [-0.1, -0.05) is 97.1 Å². The zero-order valence-corrected chi connectivity index (χ0v) is 32.3. The standard InChI is InChI=1S/2C25H21O2.BFO2/c2*1-2-26-23-15-13-19(14-16-23)22-17-24(20-9-5-3-6-10-20)27-25(18-22)21-11-7-4-8-12-21;2-1(3)4/h2*3-18H,2H2,1H3;/q2*+1;-2. The monoisotopic (exact) mass is 768 g/mol. The minimum absolute atomic E-state index is 0.667. The van der Waals surface area contributed by atoms with Crippen molar-refractivity contribution in [3.63, 3.8) is 0 Å². The Labute approximate surface area is 339 Å². The molecule has 288 valence electrons. The Bertz CT molecular complexity index is 2140. The molecule has 2 heterocycles. The van der Waals surface area contributed by atoms with Crippen molar-refractivity contribution in [3.8, 4) is 79.0 Å². The Morgan fingerprint density at radius 2 is 0.621 bits per heavy atom. The van der Waals surface area contributed by atoms with Crippen LogP contribution in [0.2, 0.25) is 0 Å². The van der Waals surface area contributed by atoms with Gasteiger partial charge in [-0.3, -0.25) is 0 Å². The summed E-state index contributed by atoms with van der Waals surface area (Å²) in [6, 6.07) is 65.5. The van der Waals surface area contributed by atoms with Gasteiger partial charge in [-0.05, 0) is 97.8 Å². The van der Waals surface area contributed by atoms with Crippen molar-refractivity contribution >= 4 is 7.40 Å². The largest absolute Gasteiger partial charge is 0.867 e. The van der Waals surface area contributed by atoms with Crippen LogP contribution in [-0.4, -0.2) is 20.6 Å². The molecule has 0 fully saturated rings. The van der Waals surface area contributed by atoms with E-state index in [4.69, 9.17) is 28.4 Å². The molecule has 0 saturated heterocycles. The van der Waals surface area contributed by atoms with E-state index in [0.717, 1.165) is 79.0 Å². The molecule has 8 rings (SSSR count). The molecule has 2 aromatic heterocycles. The van der Waals surface area contributed by atoms with E-state index in [1.165, 1.54) is 0 Å². The van der Waals surface area contributed by atoms with Gasteiger partial charge in [0, 0.05) is 11.1 Å². The third-order valence-electron chi connectivity index (χ3n) is 8.82. The van der Waals surface area contributed by atoms with Crippen LogP contribution in [0.5, 0.6) is 11.5 Å². The molecule has 6 aromatic carbocycles. The second kappa shape index (κ2) is 20.9. The quantitative estimate of drug-likeness (QED) is 0.102. The molecule has 0 N–H and O–H groups in total. The molecule has 8 aromatic rings. The summed E-state index contributed by atoms with van der Waals surface area (Å²) in [7, 11) is -3.17. The smallest absolute Gasteiger partial charge is 0.361 e. The van der Waals surface area contributed by atoms with E-state index in [2.05, 4.69) is 97.1 Å². The lowest BCUT2D eigenvalue weighted by molar-refractivity contribution is -0.366. The van der Waals surface area contributed by atoms with E-state index in [0.29, 0.717) is 13.2 Å². The van der Waals surface area contributed by atoms with Crippen LogP contribution >= 0.6 is 0 Å². The lowest BCUT2D eigenvalue weighted by Crippen LogP contribution is -2.39. The van der Waals surface area contributed by atoms with Crippen LogP contribution in [0.15, 0.2) is 203 Å². The van der Waals surface area contributed by atoms with Gasteiger partial charge >= 0.3 is 23.0 Å². The van der Waals surface area contributed by atoms with E-state index in [-0.39, 0.29) is 0 Å². The molecular formula is C50H42BFO6. The van der Waals surface area contributed by atoms with Gasteiger partial charge in [0.2, 0.25) is 0 Å². The maximum atomic E-state index is 9.89. The summed E-state index contributed by atoms with van der Waals surface area (Å²) in [5.74, 6) is 5.16. The molecule has 0 amide bonds. The molecule has 58 heavy (non-hydrogen) atoms. The van der Waals surface area contributed by atoms with Crippen LogP contribution in [-0.2, 0) is 0 Å². The van der Waals surface area contributed by atoms with Crippen molar-refractivity contribution in [3.05, 3.63) is 194 Å². The Morgan fingerprint density at radius 3 is 0.845 bits per heavy atom. The highest BCUT2D eigenvalue weighted by molar-refractivity contribution is 6.27. The highest BCUT2D eigenvalue weighted by atomic mass is 19.1. The zero-order valence-electron chi connectivity index (χ0n) is 32.3. The molecule has 0 unspecified atom stereocenters. The average Bonchev–Trinajstić information content (AvgIpc) is 3.28. The predicted molar refractivity (Wildman–Crippen MR) is 228 cm³/mol. The van der Waals surface area contributed by atoms with Crippen molar-refractivity contribution in [2.75, 3.05) is 13.2 Å². The van der Waals surface area contributed by atoms with Gasteiger partial charge in [0.1, 0.15) is 18.9 Å². The van der Waals surface area contributed by atoms with E-state index in [1.807, 2.05) is 111 Å². The van der Waals surface area contributed by atoms with Gasteiger partial charge in [0.25, 0.3) is 0 Å². The Hall–Kier alpha value is -6.87. The summed E-state index contributed by atoms with van der Waals surface area (Å²) in [4.78, 5) is 0. The average molecular weight is 769 g/mol. The lowest BCUT2D eigenvalue weighted by atomic mass is 10.0. The summed E-state index contributed by atoms with van der Waals surface area (Å²) in [6.07, 6.45) is 0. The van der Waals surface area contributed by atoms with Crippen molar-refractivity contribution in [2.24, 2.45) is 0 Å². The molecule has 0 aliphatic rings. The zero-order chi connectivity index (χ0) is 40.5. The molecule has 0 bridgehead atoms. The minimum Gasteiger partial charge on any atom is -0.867 e. The Balaban J connectivity index is 0.000000179. The fourth-order valence-corrected chi connectivity index (χ4v) is 6.14. The van der Waals surface area contributed by atoms with E-state index in [1.54, 1.807) is 0 Å². The fraction of sp³-hybridized carbons (Fsp3) is 0.0800. The first kappa shape index (κ1) is 40.8. The summed E-state index contributed by atoms with van der Waals surface area (Å²) in [5.41, 5.74) is 8.71. The molecule has 0 atom stereocenters. The number of halogens is 1. The van der Waals surface area contributed by atoms with Gasteiger partial charge in [0.15, 0.2) is 0 Å². The van der Waals surface area contributed by atoms with Gasteiger partial charge in [0.05, 0.1) is 59.7 Å². The van der Waals surface area contributed by atoms with E-state index < -0.39 is 7.40 Å². The number of hydrogen-bond donors (Lipinski definition) is 0. The van der Waals surface area contributed by atoms with E-state index in [9.17, 15) is 4.32 Å². The van der Waals surface area contributed by atoms with Crippen LogP contribution in [0.25, 0.3) is 67.5 Å². The minimum atomic E-state index is -3.17. The molecule has 0 saturated carbocycles. The van der Waals surface area contributed by atoms with Crippen LogP contribution in [0.3, 0.4) is 0 Å². The summed E-state index contributed by atoms with van der Waals surface area (Å²) in [6.45, 7) is 5.31. The van der Waals surface area contributed by atoms with Crippen molar-refractivity contribution in [1.82, 2.24) is 0 Å². The van der Waals surface area contributed by atoms with Crippen molar-refractivity contribution in [1.29, 1.82) is 0 Å². The number of hydrogen-bond acceptors (Lipinski definition) is 4. The predicted octanol–water partition coefficient (Wildman–Crippen LogP) is 11.6. The number of benzene rings is 6. The van der Waals surface area contributed by atoms with Gasteiger partial charge in [-0.2, -0.15) is 0 Å². The first-order valence-corrected chi connectivity index (χ1v) is 19.0. The van der Waals surface area contributed by atoms with Crippen LogP contribution in [0, 0.1) is 0 Å². The highest BCUT2D eigenvalue weighted by Crippen LogP contribution is 2.35. The summed E-state index contributed by atoms with van der Waals surface area (Å²) >= 11 is 0. The molecule has 0 radical (unpaired) electrons. The first-order chi connectivity index (χ1) is 28.4. The maximum absolute atomic E-state index is 9.89. The van der Waals surface area contributed by atoms with Crippen molar-refractivity contribution in [2.45, 2.75) is 13.8 Å². The normalized spacial score (nSPS) is 10.3. The lowest BCUT2D eigenvalue weighted by Gasteiger charge is -2.09. The SMILES string of the molecule is CCOc1ccc(-c2cc(-c3ccccc3)[o+]c(-c3ccccc3)c2)cc1.CCOc1ccc(-c2cc(-c3ccccc3)[o+]c(-c3ccccc3)c2)cc1.[O-]B([O-])F.